The molecule has 2 bridgehead atoms. The second-order valence-electron chi connectivity index (χ2n) is 17.4. The van der Waals surface area contributed by atoms with Gasteiger partial charge in [-0.25, -0.2) is 14.6 Å². The number of benzene rings is 1. The maximum Gasteiger partial charge on any atom is 0.331 e. The number of hydrogen-bond acceptors (Lipinski definition) is 12. The highest BCUT2D eigenvalue weighted by atomic mass is 19.1. The van der Waals surface area contributed by atoms with E-state index in [2.05, 4.69) is 10.7 Å². The summed E-state index contributed by atoms with van der Waals surface area (Å²) in [6.45, 7) is 13.5. The van der Waals surface area contributed by atoms with Crippen LogP contribution in [0.5, 0.6) is 5.75 Å². The van der Waals surface area contributed by atoms with E-state index < -0.39 is 101 Å². The van der Waals surface area contributed by atoms with Crippen LogP contribution in [0.3, 0.4) is 0 Å². The Labute approximate surface area is 358 Å². The molecule has 0 aromatic heterocycles. The highest BCUT2D eigenvalue weighted by molar-refractivity contribution is 5.92. The molecule has 2 amide bonds. The molecule has 1 aromatic carbocycles. The van der Waals surface area contributed by atoms with Gasteiger partial charge in [0.1, 0.15) is 46.9 Å². The van der Waals surface area contributed by atoms with Crippen molar-refractivity contribution >= 4 is 35.3 Å². The Hall–Kier alpha value is -4.99. The lowest BCUT2D eigenvalue weighted by atomic mass is 9.78. The summed E-state index contributed by atoms with van der Waals surface area (Å²) in [6, 6.07) is 0.933. The third-order valence-electron chi connectivity index (χ3n) is 10.7. The Morgan fingerprint density at radius 1 is 1.08 bits per heavy atom. The predicted octanol–water partition coefficient (Wildman–Crippen LogP) is 4.90. The number of phenols is 1. The first-order valence-electron chi connectivity index (χ1n) is 20.9. The number of aliphatic hydroxyl groups excluding tert-OH is 2. The molecule has 14 nitrogen and oxygen atoms in total. The summed E-state index contributed by atoms with van der Waals surface area (Å²) in [5.41, 5.74) is 3.00. The number of nitrogens with one attached hydrogen (secondary N) is 2. The number of rotatable bonds is 9. The Morgan fingerprint density at radius 3 is 2.43 bits per heavy atom. The topological polar surface area (TPSA) is 209 Å². The first-order valence-corrected chi connectivity index (χ1v) is 20.9. The number of halogens is 1. The van der Waals surface area contributed by atoms with Crippen molar-refractivity contribution in [2.75, 3.05) is 6.54 Å². The molecule has 1 saturated heterocycles. The summed E-state index contributed by atoms with van der Waals surface area (Å²) in [5, 5.41) is 36.7. The number of aliphatic hydroxyl groups is 2. The molecular formula is C46H64FN3O11. The van der Waals surface area contributed by atoms with Crippen LogP contribution < -0.4 is 10.7 Å². The van der Waals surface area contributed by atoms with Gasteiger partial charge in [0.25, 0.3) is 5.91 Å². The Kier molecular flexibility index (Phi) is 19.2. The number of ether oxygens (including phenoxy) is 2. The van der Waals surface area contributed by atoms with Crippen molar-refractivity contribution in [1.29, 1.82) is 0 Å². The maximum atomic E-state index is 14.4. The predicted molar refractivity (Wildman–Crippen MR) is 226 cm³/mol. The first kappa shape index (κ1) is 50.4. The lowest BCUT2D eigenvalue weighted by Gasteiger charge is -2.36. The van der Waals surface area contributed by atoms with E-state index in [4.69, 9.17) is 9.47 Å². The fourth-order valence-electron chi connectivity index (χ4n) is 7.12. The zero-order chi connectivity index (χ0) is 45.6. The third kappa shape index (κ3) is 16.4. The molecule has 1 unspecified atom stereocenters. The van der Waals surface area contributed by atoms with Gasteiger partial charge in [-0.2, -0.15) is 0 Å². The number of allylic oxidation sites excluding steroid dienone is 4. The summed E-state index contributed by atoms with van der Waals surface area (Å²) in [5.74, 6) is -7.90. The van der Waals surface area contributed by atoms with Gasteiger partial charge in [0.15, 0.2) is 0 Å². The Bertz CT molecular complexity index is 1830. The average molecular weight is 854 g/mol. The molecule has 1 fully saturated rings. The minimum Gasteiger partial charge on any atom is -0.508 e. The van der Waals surface area contributed by atoms with Crippen molar-refractivity contribution in [1.82, 2.24) is 15.8 Å². The van der Waals surface area contributed by atoms with Crippen molar-refractivity contribution < 1.29 is 58.0 Å². The van der Waals surface area contributed by atoms with Gasteiger partial charge in [-0.05, 0) is 83.1 Å². The molecular weight excluding hydrogens is 790 g/mol. The summed E-state index contributed by atoms with van der Waals surface area (Å²) in [6.07, 6.45) is 7.37. The van der Waals surface area contributed by atoms with E-state index in [-0.39, 0.29) is 50.0 Å². The molecule has 0 saturated carbocycles. The monoisotopic (exact) mass is 853 g/mol. The lowest BCUT2D eigenvalue weighted by molar-refractivity contribution is -0.156. The minimum atomic E-state index is -1.40. The van der Waals surface area contributed by atoms with Crippen molar-refractivity contribution in [2.45, 2.75) is 136 Å². The number of hydrogen-bond donors (Lipinski definition) is 5. The van der Waals surface area contributed by atoms with Crippen LogP contribution in [0.1, 0.15) is 99.5 Å². The van der Waals surface area contributed by atoms with Gasteiger partial charge >= 0.3 is 11.9 Å². The summed E-state index contributed by atoms with van der Waals surface area (Å²) < 4.78 is 25.8. The number of carbonyl (C=O) groups excluding carboxylic acids is 6. The number of fused-ring (bicyclic) bond motifs is 2. The van der Waals surface area contributed by atoms with Crippen LogP contribution in [0.4, 0.5) is 4.39 Å². The number of Topliss-reactive ketones (excluding diaryl/α,β-unsaturated/α-hetero) is 2. The lowest BCUT2D eigenvalue weighted by Crippen LogP contribution is -2.61. The molecule has 15 heteroatoms. The van der Waals surface area contributed by atoms with E-state index in [1.165, 1.54) is 36.2 Å². The van der Waals surface area contributed by atoms with Gasteiger partial charge in [-0.1, -0.05) is 57.2 Å². The summed E-state index contributed by atoms with van der Waals surface area (Å²) in [4.78, 5) is 80.6. The zero-order valence-corrected chi connectivity index (χ0v) is 36.6. The molecule has 3 rings (SSSR count). The minimum absolute atomic E-state index is 0.0195. The Balaban J connectivity index is 2.09. The van der Waals surface area contributed by atoms with Crippen molar-refractivity contribution in [3.63, 3.8) is 0 Å². The standard InChI is InChI=1S/C46H64FN3O11/c1-27(2)35-26-39(54)34(20-19-29(4)51)42(56)30(5)38(53)16-10-9-11-17-40(28(3)14-12-18-41(55)61-46(6,7)8)60-45(59)36-15-13-21-50(49-36)44(58)37(48-43(35)57)24-31-22-32(47)25-33(52)23-31/h9-12,14,16,18,22-23,25,27,30,34-38,40,42,49,52-53,56H,13,15,17,19-21,24,26H2,1-8H3,(H,48,57)/b11-9+,16-10+,18-12+,28-14+/t30-,34-,35-,36?,37-,38-,40-,42+/m0/s1. The smallest absolute Gasteiger partial charge is 0.331 e. The summed E-state index contributed by atoms with van der Waals surface area (Å²) in [7, 11) is 0. The number of esters is 2. The normalized spacial score (nSPS) is 28.1. The summed E-state index contributed by atoms with van der Waals surface area (Å²) >= 11 is 0. The molecule has 2 heterocycles. The SMILES string of the molecule is CC(=O)CC[C@H]1C(=O)C[C@@H](C(C)C)C(=O)N[C@@H](Cc2cc(O)cc(F)c2)C(=O)N2CCCC(N2)C(=O)O[C@H](/C(C)=C/C=C/C(=O)OC(C)(C)C)C/C=C/C=C/[C@H](O)[C@H](C)[C@H]1O. The van der Waals surface area contributed by atoms with Gasteiger partial charge in [0.05, 0.1) is 12.2 Å². The fourth-order valence-corrected chi connectivity index (χ4v) is 7.12. The average Bonchev–Trinajstić information content (AvgIpc) is 3.16. The zero-order valence-electron chi connectivity index (χ0n) is 36.6. The highest BCUT2D eigenvalue weighted by Crippen LogP contribution is 2.28. The van der Waals surface area contributed by atoms with Crippen molar-refractivity contribution in [3.8, 4) is 5.75 Å². The molecule has 336 valence electrons. The van der Waals surface area contributed by atoms with Crippen LogP contribution in [0, 0.1) is 29.5 Å². The van der Waals surface area contributed by atoms with E-state index in [1.807, 2.05) is 0 Å². The van der Waals surface area contributed by atoms with E-state index in [9.17, 15) is 48.5 Å². The number of hydrazine groups is 1. The second kappa shape index (κ2) is 23.3. The third-order valence-corrected chi connectivity index (χ3v) is 10.7. The maximum absolute atomic E-state index is 14.4. The van der Waals surface area contributed by atoms with E-state index >= 15 is 0 Å². The van der Waals surface area contributed by atoms with Gasteiger partial charge in [0, 0.05) is 62.1 Å². The van der Waals surface area contributed by atoms with Crippen LogP contribution in [-0.2, 0) is 44.7 Å². The number of nitrogens with zero attached hydrogens (tertiary/aromatic N) is 1. The van der Waals surface area contributed by atoms with Crippen LogP contribution in [0.25, 0.3) is 0 Å². The first-order chi connectivity index (χ1) is 28.6. The van der Waals surface area contributed by atoms with Gasteiger partial charge in [0.2, 0.25) is 5.91 Å². The molecule has 2 aliphatic rings. The molecule has 0 aliphatic carbocycles. The highest BCUT2D eigenvalue weighted by Gasteiger charge is 2.39. The molecule has 2 aliphatic heterocycles. The molecule has 61 heavy (non-hydrogen) atoms. The second-order valence-corrected chi connectivity index (χ2v) is 17.4. The van der Waals surface area contributed by atoms with Crippen LogP contribution in [0.15, 0.2) is 66.3 Å². The van der Waals surface area contributed by atoms with E-state index in [1.54, 1.807) is 72.8 Å². The van der Waals surface area contributed by atoms with Gasteiger partial charge in [-0.15, -0.1) is 0 Å². The quantitative estimate of drug-likeness (QED) is 0.128. The largest absolute Gasteiger partial charge is 0.508 e. The number of cyclic esters (lactones) is 1. The number of ketones is 2. The van der Waals surface area contributed by atoms with E-state index in [0.29, 0.717) is 18.4 Å². The molecule has 8 atom stereocenters. The molecule has 5 N–H and O–H groups in total. The molecule has 0 radical (unpaired) electrons. The fraction of sp³-hybridized carbons (Fsp3) is 0.565. The number of carbonyl (C=O) groups is 6. The van der Waals surface area contributed by atoms with Gasteiger partial charge in [-0.3, -0.25) is 24.2 Å². The van der Waals surface area contributed by atoms with Crippen molar-refractivity contribution in [3.05, 3.63) is 77.7 Å². The number of phenolic OH excluding ortho intramolecular Hbond substituents is 1. The van der Waals surface area contributed by atoms with Crippen molar-refractivity contribution in [2.24, 2.45) is 23.7 Å². The van der Waals surface area contributed by atoms with Gasteiger partial charge < -0.3 is 34.9 Å². The van der Waals surface area contributed by atoms with Crippen LogP contribution in [-0.4, -0.2) is 98.2 Å². The van der Waals surface area contributed by atoms with Crippen LogP contribution >= 0.6 is 0 Å². The number of aromatic hydroxyl groups is 1. The number of amides is 2. The molecule has 1 aromatic rings. The van der Waals surface area contributed by atoms with Crippen LogP contribution in [0.2, 0.25) is 0 Å². The molecule has 0 spiro atoms. The van der Waals surface area contributed by atoms with E-state index in [0.717, 1.165) is 12.1 Å². The Morgan fingerprint density at radius 2 is 1.79 bits per heavy atom.